The highest BCUT2D eigenvalue weighted by Gasteiger charge is 2.23. The molecule has 1 N–H and O–H groups in total. The molecular formula is C13H17NO. The number of hydrogen-bond donors (Lipinski definition) is 1. The Bertz CT molecular complexity index is 355. The second-order valence-electron chi connectivity index (χ2n) is 4.17. The molecule has 1 saturated carbocycles. The van der Waals surface area contributed by atoms with Gasteiger partial charge in [0.2, 0.25) is 0 Å². The number of Topliss-reactive ketones (excluding diaryl/α,β-unsaturated/α-hetero) is 1. The lowest BCUT2D eigenvalue weighted by Gasteiger charge is -2.27. The van der Waals surface area contributed by atoms with Gasteiger partial charge < -0.3 is 5.32 Å². The molecule has 2 heteroatoms. The van der Waals surface area contributed by atoms with Crippen LogP contribution in [-0.2, 0) is 0 Å². The van der Waals surface area contributed by atoms with Crippen LogP contribution in [0.15, 0.2) is 24.3 Å². The molecule has 0 saturated heterocycles. The van der Waals surface area contributed by atoms with E-state index < -0.39 is 0 Å². The van der Waals surface area contributed by atoms with Gasteiger partial charge in [-0.15, -0.1) is 0 Å². The van der Waals surface area contributed by atoms with Gasteiger partial charge in [0.05, 0.1) is 6.54 Å². The highest BCUT2D eigenvalue weighted by molar-refractivity contribution is 5.99. The summed E-state index contributed by atoms with van der Waals surface area (Å²) in [5.41, 5.74) is 2.17. The van der Waals surface area contributed by atoms with Crippen LogP contribution in [0.4, 0.5) is 0 Å². The first-order chi connectivity index (χ1) is 7.33. The molecule has 1 aliphatic carbocycles. The van der Waals surface area contributed by atoms with Crippen LogP contribution in [0.3, 0.4) is 0 Å². The molecule has 1 fully saturated rings. The number of likely N-dealkylation sites (N-methyl/N-ethyl adjacent to an activating group) is 1. The average molecular weight is 203 g/mol. The maximum atomic E-state index is 11.8. The zero-order chi connectivity index (χ0) is 10.7. The van der Waals surface area contributed by atoms with E-state index in [1.807, 2.05) is 25.2 Å². The summed E-state index contributed by atoms with van der Waals surface area (Å²) in [7, 11) is 1.81. The molecule has 80 valence electrons. The number of carbonyl (C=O) groups excluding carboxylic acids is 1. The maximum absolute atomic E-state index is 11.8. The van der Waals surface area contributed by atoms with E-state index in [9.17, 15) is 4.79 Å². The molecule has 1 aromatic carbocycles. The molecule has 0 radical (unpaired) electrons. The van der Waals surface area contributed by atoms with E-state index in [-0.39, 0.29) is 5.78 Å². The van der Waals surface area contributed by atoms with E-state index in [1.165, 1.54) is 24.8 Å². The van der Waals surface area contributed by atoms with Crippen LogP contribution in [0, 0.1) is 0 Å². The van der Waals surface area contributed by atoms with Gasteiger partial charge in [0.25, 0.3) is 0 Å². The molecule has 0 bridgehead atoms. The van der Waals surface area contributed by atoms with Gasteiger partial charge in [-0.1, -0.05) is 30.7 Å². The normalized spacial score (nSPS) is 16.1. The van der Waals surface area contributed by atoms with E-state index in [0.717, 1.165) is 5.56 Å². The lowest BCUT2D eigenvalue weighted by atomic mass is 9.77. The van der Waals surface area contributed by atoms with Crippen molar-refractivity contribution in [3.05, 3.63) is 35.4 Å². The number of hydrogen-bond acceptors (Lipinski definition) is 2. The van der Waals surface area contributed by atoms with Crippen LogP contribution in [-0.4, -0.2) is 19.4 Å². The zero-order valence-electron chi connectivity index (χ0n) is 9.12. The third-order valence-electron chi connectivity index (χ3n) is 3.14. The molecule has 0 aromatic heterocycles. The van der Waals surface area contributed by atoms with Crippen LogP contribution < -0.4 is 5.32 Å². The topological polar surface area (TPSA) is 29.1 Å². The van der Waals surface area contributed by atoms with Crippen LogP contribution in [0.1, 0.15) is 41.1 Å². The average Bonchev–Trinajstić information content (AvgIpc) is 2.16. The first kappa shape index (κ1) is 10.4. The highest BCUT2D eigenvalue weighted by atomic mass is 16.1. The summed E-state index contributed by atoms with van der Waals surface area (Å²) in [6.07, 6.45) is 3.78. The van der Waals surface area contributed by atoms with Crippen molar-refractivity contribution in [3.8, 4) is 0 Å². The third-order valence-corrected chi connectivity index (χ3v) is 3.14. The summed E-state index contributed by atoms with van der Waals surface area (Å²) >= 11 is 0. The Morgan fingerprint density at radius 2 is 2.13 bits per heavy atom. The number of carbonyl (C=O) groups is 1. The van der Waals surface area contributed by atoms with Gasteiger partial charge in [-0.2, -0.15) is 0 Å². The van der Waals surface area contributed by atoms with Crippen molar-refractivity contribution in [1.82, 2.24) is 5.32 Å². The van der Waals surface area contributed by atoms with Gasteiger partial charge in [-0.05, 0) is 31.4 Å². The predicted molar refractivity (Wildman–Crippen MR) is 61.3 cm³/mol. The second kappa shape index (κ2) is 4.58. The Kier molecular flexibility index (Phi) is 3.17. The molecular weight excluding hydrogens is 186 g/mol. The summed E-state index contributed by atoms with van der Waals surface area (Å²) in [6.45, 7) is 0.434. The molecule has 2 nitrogen and oxygen atoms in total. The Hall–Kier alpha value is -1.15. The minimum absolute atomic E-state index is 0.208. The number of benzene rings is 1. The van der Waals surface area contributed by atoms with Crippen molar-refractivity contribution >= 4 is 5.78 Å². The standard InChI is InChI=1S/C13H17NO/c1-14-9-13(15)12-8-3-2-7-11(12)10-5-4-6-10/h2-3,7-8,10,14H,4-6,9H2,1H3. The first-order valence-corrected chi connectivity index (χ1v) is 5.59. The lowest BCUT2D eigenvalue weighted by Crippen LogP contribution is -2.21. The largest absolute Gasteiger partial charge is 0.313 e. The molecule has 0 spiro atoms. The smallest absolute Gasteiger partial charge is 0.176 e. The fourth-order valence-electron chi connectivity index (χ4n) is 2.08. The molecule has 1 aliphatic rings. The highest BCUT2D eigenvalue weighted by Crippen LogP contribution is 2.37. The van der Waals surface area contributed by atoms with Crippen molar-refractivity contribution in [2.24, 2.45) is 0 Å². The Balaban J connectivity index is 2.24. The molecule has 1 aromatic rings. The predicted octanol–water partition coefficient (Wildman–Crippen LogP) is 2.36. The molecule has 0 heterocycles. The van der Waals surface area contributed by atoms with E-state index in [0.29, 0.717) is 12.5 Å². The lowest BCUT2D eigenvalue weighted by molar-refractivity contribution is 0.0991. The Morgan fingerprint density at radius 3 is 2.73 bits per heavy atom. The van der Waals surface area contributed by atoms with Gasteiger partial charge in [0, 0.05) is 5.56 Å². The fraction of sp³-hybridized carbons (Fsp3) is 0.462. The van der Waals surface area contributed by atoms with Crippen LogP contribution in [0.25, 0.3) is 0 Å². The van der Waals surface area contributed by atoms with Gasteiger partial charge in [0.1, 0.15) is 0 Å². The summed E-state index contributed by atoms with van der Waals surface area (Å²) in [5, 5.41) is 2.92. The molecule has 15 heavy (non-hydrogen) atoms. The van der Waals surface area contributed by atoms with Crippen LogP contribution in [0.2, 0.25) is 0 Å². The maximum Gasteiger partial charge on any atom is 0.176 e. The van der Waals surface area contributed by atoms with Gasteiger partial charge in [0.15, 0.2) is 5.78 Å². The van der Waals surface area contributed by atoms with E-state index in [4.69, 9.17) is 0 Å². The third kappa shape index (κ3) is 2.10. The SMILES string of the molecule is CNCC(=O)c1ccccc1C1CCC1. The fourth-order valence-corrected chi connectivity index (χ4v) is 2.08. The van der Waals surface area contributed by atoms with Crippen LogP contribution in [0.5, 0.6) is 0 Å². The van der Waals surface area contributed by atoms with Crippen molar-refractivity contribution in [2.45, 2.75) is 25.2 Å². The molecule has 2 rings (SSSR count). The molecule has 0 amide bonds. The summed E-state index contributed by atoms with van der Waals surface area (Å²) in [6, 6.07) is 8.04. The van der Waals surface area contributed by atoms with E-state index in [1.54, 1.807) is 0 Å². The molecule has 0 aliphatic heterocycles. The summed E-state index contributed by atoms with van der Waals surface area (Å²) in [5.74, 6) is 0.835. The van der Waals surface area contributed by atoms with Crippen molar-refractivity contribution in [1.29, 1.82) is 0 Å². The molecule has 0 unspecified atom stereocenters. The second-order valence-corrected chi connectivity index (χ2v) is 4.17. The van der Waals surface area contributed by atoms with Gasteiger partial charge >= 0.3 is 0 Å². The monoisotopic (exact) mass is 203 g/mol. The minimum atomic E-state index is 0.208. The summed E-state index contributed by atoms with van der Waals surface area (Å²) in [4.78, 5) is 11.8. The van der Waals surface area contributed by atoms with Crippen molar-refractivity contribution in [2.75, 3.05) is 13.6 Å². The Morgan fingerprint density at radius 1 is 1.40 bits per heavy atom. The van der Waals surface area contributed by atoms with Gasteiger partial charge in [-0.3, -0.25) is 4.79 Å². The van der Waals surface area contributed by atoms with Crippen LogP contribution >= 0.6 is 0 Å². The van der Waals surface area contributed by atoms with Gasteiger partial charge in [-0.25, -0.2) is 0 Å². The van der Waals surface area contributed by atoms with Crippen molar-refractivity contribution < 1.29 is 4.79 Å². The quantitative estimate of drug-likeness (QED) is 0.761. The minimum Gasteiger partial charge on any atom is -0.313 e. The number of rotatable bonds is 4. The van der Waals surface area contributed by atoms with E-state index >= 15 is 0 Å². The van der Waals surface area contributed by atoms with E-state index in [2.05, 4.69) is 11.4 Å². The summed E-state index contributed by atoms with van der Waals surface area (Å²) < 4.78 is 0. The van der Waals surface area contributed by atoms with Crippen molar-refractivity contribution in [3.63, 3.8) is 0 Å². The first-order valence-electron chi connectivity index (χ1n) is 5.59. The Labute approximate surface area is 90.7 Å². The zero-order valence-corrected chi connectivity index (χ0v) is 9.12. The number of ketones is 1. The number of nitrogens with one attached hydrogen (secondary N) is 1. The molecule has 0 atom stereocenters.